The number of carbonyl (C=O) groups is 1. The maximum Gasteiger partial charge on any atom is 0.321 e. The van der Waals surface area contributed by atoms with Gasteiger partial charge in [0.25, 0.3) is 5.89 Å². The number of thioether (sulfide) groups is 1. The van der Waals surface area contributed by atoms with E-state index < -0.39 is 12.0 Å². The van der Waals surface area contributed by atoms with Crippen molar-refractivity contribution in [3.05, 3.63) is 35.7 Å². The highest BCUT2D eigenvalue weighted by Gasteiger charge is 2.13. The van der Waals surface area contributed by atoms with Gasteiger partial charge in [-0.1, -0.05) is 22.9 Å². The first-order valence-corrected chi connectivity index (χ1v) is 7.17. The van der Waals surface area contributed by atoms with Crippen LogP contribution in [-0.2, 0) is 10.5 Å². The van der Waals surface area contributed by atoms with Gasteiger partial charge in [0.1, 0.15) is 6.04 Å². The molecular formula is C13H15N3O3S. The number of hydrogen-bond acceptors (Lipinski definition) is 6. The van der Waals surface area contributed by atoms with Crippen LogP contribution in [0.2, 0.25) is 0 Å². The van der Waals surface area contributed by atoms with Crippen LogP contribution in [-0.4, -0.2) is 33.0 Å². The summed E-state index contributed by atoms with van der Waals surface area (Å²) in [5.74, 6) is 0.766. The highest BCUT2D eigenvalue weighted by molar-refractivity contribution is 7.98. The zero-order valence-corrected chi connectivity index (χ0v) is 11.8. The average molecular weight is 293 g/mol. The lowest BCUT2D eigenvalue weighted by molar-refractivity contribution is -0.137. The van der Waals surface area contributed by atoms with Gasteiger partial charge < -0.3 is 15.4 Å². The predicted molar refractivity (Wildman–Crippen MR) is 76.2 cm³/mol. The molecule has 0 saturated heterocycles. The van der Waals surface area contributed by atoms with Crippen LogP contribution in [0.3, 0.4) is 0 Å². The number of carboxylic acids is 1. The Bertz CT molecular complexity index is 600. The second-order valence-electron chi connectivity index (χ2n) is 4.35. The van der Waals surface area contributed by atoms with Crippen molar-refractivity contribution in [2.24, 2.45) is 5.73 Å². The number of rotatable bonds is 6. The highest BCUT2D eigenvalue weighted by atomic mass is 32.2. The molecule has 0 aliphatic rings. The van der Waals surface area contributed by atoms with Gasteiger partial charge in [0, 0.05) is 11.3 Å². The quantitative estimate of drug-likeness (QED) is 0.835. The molecule has 3 N–H and O–H groups in total. The minimum atomic E-state index is -1.01. The minimum absolute atomic E-state index is 0.309. The predicted octanol–water partition coefficient (Wildman–Crippen LogP) is 1.69. The Kier molecular flexibility index (Phi) is 4.75. The van der Waals surface area contributed by atoms with Crippen LogP contribution < -0.4 is 5.73 Å². The van der Waals surface area contributed by atoms with E-state index in [0.717, 1.165) is 11.1 Å². The molecule has 0 fully saturated rings. The van der Waals surface area contributed by atoms with Crippen molar-refractivity contribution < 1.29 is 14.4 Å². The molecule has 20 heavy (non-hydrogen) atoms. The second kappa shape index (κ2) is 6.53. The standard InChI is InChI=1S/C13H15N3O3S/c1-8-3-2-4-9(5-8)12-15-11(16-19-12)7-20-6-10(14)13(17)18/h2-5,10H,6-7,14H2,1H3,(H,17,18). The third kappa shape index (κ3) is 3.82. The molecule has 0 amide bonds. The number of benzene rings is 1. The Labute approximate surface area is 120 Å². The molecule has 0 aliphatic heterocycles. The maximum absolute atomic E-state index is 10.6. The Balaban J connectivity index is 1.94. The van der Waals surface area contributed by atoms with Gasteiger partial charge in [-0.05, 0) is 19.1 Å². The number of hydrogen-bond donors (Lipinski definition) is 2. The van der Waals surface area contributed by atoms with E-state index in [-0.39, 0.29) is 0 Å². The minimum Gasteiger partial charge on any atom is -0.480 e. The Morgan fingerprint density at radius 1 is 1.55 bits per heavy atom. The fourth-order valence-corrected chi connectivity index (χ4v) is 2.37. The molecule has 1 aromatic carbocycles. The van der Waals surface area contributed by atoms with E-state index >= 15 is 0 Å². The Hall–Kier alpha value is -1.86. The molecule has 106 valence electrons. The molecule has 2 aromatic rings. The lowest BCUT2D eigenvalue weighted by atomic mass is 10.1. The monoisotopic (exact) mass is 293 g/mol. The lowest BCUT2D eigenvalue weighted by Gasteiger charge is -2.03. The molecule has 0 radical (unpaired) electrons. The van der Waals surface area contributed by atoms with Crippen molar-refractivity contribution in [2.75, 3.05) is 5.75 Å². The largest absolute Gasteiger partial charge is 0.480 e. The summed E-state index contributed by atoms with van der Waals surface area (Å²) >= 11 is 1.36. The third-order valence-electron chi connectivity index (χ3n) is 2.58. The number of nitrogens with two attached hydrogens (primary N) is 1. The summed E-state index contributed by atoms with van der Waals surface area (Å²) < 4.78 is 5.19. The van der Waals surface area contributed by atoms with Crippen molar-refractivity contribution in [2.45, 2.75) is 18.7 Å². The van der Waals surface area contributed by atoms with E-state index in [9.17, 15) is 4.79 Å². The first-order valence-electron chi connectivity index (χ1n) is 6.02. The van der Waals surface area contributed by atoms with Crippen molar-refractivity contribution in [1.29, 1.82) is 0 Å². The Morgan fingerprint density at radius 2 is 2.35 bits per heavy atom. The fourth-order valence-electron chi connectivity index (χ4n) is 1.56. The molecular weight excluding hydrogens is 278 g/mol. The maximum atomic E-state index is 10.6. The fraction of sp³-hybridized carbons (Fsp3) is 0.308. The average Bonchev–Trinajstić information content (AvgIpc) is 2.87. The highest BCUT2D eigenvalue weighted by Crippen LogP contribution is 2.19. The third-order valence-corrected chi connectivity index (χ3v) is 3.64. The van der Waals surface area contributed by atoms with E-state index in [0.29, 0.717) is 23.2 Å². The molecule has 6 nitrogen and oxygen atoms in total. The second-order valence-corrected chi connectivity index (χ2v) is 5.38. The van der Waals surface area contributed by atoms with Gasteiger partial charge in [0.05, 0.1) is 5.75 Å². The molecule has 0 saturated carbocycles. The molecule has 7 heteroatoms. The van der Waals surface area contributed by atoms with Gasteiger partial charge in [0.2, 0.25) is 0 Å². The van der Waals surface area contributed by atoms with Gasteiger partial charge in [-0.2, -0.15) is 16.7 Å². The number of aryl methyl sites for hydroxylation is 1. The topological polar surface area (TPSA) is 102 Å². The first-order chi connectivity index (χ1) is 9.56. The Morgan fingerprint density at radius 3 is 3.05 bits per heavy atom. The van der Waals surface area contributed by atoms with Gasteiger partial charge in [-0.3, -0.25) is 4.79 Å². The van der Waals surface area contributed by atoms with Crippen LogP contribution >= 0.6 is 11.8 Å². The number of nitrogens with zero attached hydrogens (tertiary/aromatic N) is 2. The van der Waals surface area contributed by atoms with Crippen molar-refractivity contribution >= 4 is 17.7 Å². The normalized spacial score (nSPS) is 12.3. The van der Waals surface area contributed by atoms with Gasteiger partial charge >= 0.3 is 5.97 Å². The van der Waals surface area contributed by atoms with Crippen molar-refractivity contribution in [3.8, 4) is 11.5 Å². The van der Waals surface area contributed by atoms with E-state index in [1.807, 2.05) is 31.2 Å². The van der Waals surface area contributed by atoms with Crippen LogP contribution in [0, 0.1) is 6.92 Å². The number of carboxylic acid groups (broad SMARTS) is 1. The zero-order valence-electron chi connectivity index (χ0n) is 10.9. The molecule has 1 heterocycles. The summed E-state index contributed by atoms with van der Waals surface area (Å²) in [5, 5.41) is 12.5. The van der Waals surface area contributed by atoms with Crippen LogP contribution in [0.1, 0.15) is 11.4 Å². The van der Waals surface area contributed by atoms with Crippen molar-refractivity contribution in [3.63, 3.8) is 0 Å². The summed E-state index contributed by atoms with van der Waals surface area (Å²) in [4.78, 5) is 14.9. The van der Waals surface area contributed by atoms with Crippen LogP contribution in [0.4, 0.5) is 0 Å². The SMILES string of the molecule is Cc1cccc(-c2nc(CSCC(N)C(=O)O)no2)c1. The summed E-state index contributed by atoms with van der Waals surface area (Å²) in [6, 6.07) is 6.91. The molecule has 1 unspecified atom stereocenters. The zero-order chi connectivity index (χ0) is 14.5. The van der Waals surface area contributed by atoms with Crippen molar-refractivity contribution in [1.82, 2.24) is 10.1 Å². The van der Waals surface area contributed by atoms with E-state index in [1.54, 1.807) is 0 Å². The molecule has 0 aliphatic carbocycles. The van der Waals surface area contributed by atoms with Crippen LogP contribution in [0.15, 0.2) is 28.8 Å². The summed E-state index contributed by atoms with van der Waals surface area (Å²) in [6.07, 6.45) is 0. The summed E-state index contributed by atoms with van der Waals surface area (Å²) in [6.45, 7) is 1.99. The summed E-state index contributed by atoms with van der Waals surface area (Å²) in [5.41, 5.74) is 7.40. The number of aromatic nitrogens is 2. The van der Waals surface area contributed by atoms with E-state index in [4.69, 9.17) is 15.4 Å². The van der Waals surface area contributed by atoms with Gasteiger partial charge in [-0.15, -0.1) is 0 Å². The molecule has 1 aromatic heterocycles. The van der Waals surface area contributed by atoms with Gasteiger partial charge in [-0.25, -0.2) is 0 Å². The molecule has 0 spiro atoms. The molecule has 1 atom stereocenters. The van der Waals surface area contributed by atoms with Crippen LogP contribution in [0.5, 0.6) is 0 Å². The molecule has 0 bridgehead atoms. The lowest BCUT2D eigenvalue weighted by Crippen LogP contribution is -2.32. The van der Waals surface area contributed by atoms with Crippen LogP contribution in [0.25, 0.3) is 11.5 Å². The smallest absolute Gasteiger partial charge is 0.321 e. The van der Waals surface area contributed by atoms with Gasteiger partial charge in [0.15, 0.2) is 5.82 Å². The van der Waals surface area contributed by atoms with E-state index in [2.05, 4.69) is 10.1 Å². The molecule has 2 rings (SSSR count). The number of aliphatic carboxylic acids is 1. The first kappa shape index (κ1) is 14.5. The van der Waals surface area contributed by atoms with E-state index in [1.165, 1.54) is 11.8 Å². The summed E-state index contributed by atoms with van der Waals surface area (Å²) in [7, 11) is 0.